The second kappa shape index (κ2) is 8.51. The van der Waals surface area contributed by atoms with Crippen LogP contribution in [0.3, 0.4) is 0 Å². The summed E-state index contributed by atoms with van der Waals surface area (Å²) in [5.74, 6) is 1.79. The van der Waals surface area contributed by atoms with Crippen LogP contribution in [0.15, 0.2) is 69.5 Å². The molecule has 2 aromatic carbocycles. The van der Waals surface area contributed by atoms with E-state index in [9.17, 15) is 9.59 Å². The largest absolute Gasteiger partial charge is 0.487 e. The summed E-state index contributed by atoms with van der Waals surface area (Å²) in [7, 11) is 0. The summed E-state index contributed by atoms with van der Waals surface area (Å²) in [5.41, 5.74) is 5.02. The van der Waals surface area contributed by atoms with Gasteiger partial charge in [0.1, 0.15) is 23.8 Å². The van der Waals surface area contributed by atoms with Gasteiger partial charge in [0.25, 0.3) is 11.1 Å². The van der Waals surface area contributed by atoms with Gasteiger partial charge in [-0.1, -0.05) is 30.3 Å². The second-order valence-electron chi connectivity index (χ2n) is 7.61. The van der Waals surface area contributed by atoms with Gasteiger partial charge in [0.2, 0.25) is 5.89 Å². The first-order chi connectivity index (χ1) is 15.5. The molecule has 32 heavy (non-hydrogen) atoms. The van der Waals surface area contributed by atoms with Crippen LogP contribution >= 0.6 is 11.8 Å². The van der Waals surface area contributed by atoms with E-state index in [1.807, 2.05) is 55.5 Å². The van der Waals surface area contributed by atoms with Gasteiger partial charge in [-0.3, -0.25) is 14.9 Å². The van der Waals surface area contributed by atoms with Gasteiger partial charge in [-0.05, 0) is 78.6 Å². The van der Waals surface area contributed by atoms with Gasteiger partial charge in [0.05, 0.1) is 4.91 Å². The number of ether oxygens (including phenoxy) is 1. The molecule has 1 aliphatic carbocycles. The van der Waals surface area contributed by atoms with E-state index in [2.05, 4.69) is 16.4 Å². The lowest BCUT2D eigenvalue weighted by molar-refractivity contribution is -0.115. The molecular formula is C25H20N2O4S. The lowest BCUT2D eigenvalue weighted by Crippen LogP contribution is -2.18. The van der Waals surface area contributed by atoms with E-state index in [0.29, 0.717) is 17.4 Å². The molecule has 0 spiro atoms. The minimum Gasteiger partial charge on any atom is -0.487 e. The maximum absolute atomic E-state index is 11.8. The molecule has 1 aromatic heterocycles. The first kappa shape index (κ1) is 20.3. The third kappa shape index (κ3) is 4.24. The maximum atomic E-state index is 11.8. The number of aryl methyl sites for hydroxylation is 2. The summed E-state index contributed by atoms with van der Waals surface area (Å²) in [6.45, 7) is 2.22. The zero-order valence-electron chi connectivity index (χ0n) is 17.4. The Morgan fingerprint density at radius 1 is 1.16 bits per heavy atom. The zero-order chi connectivity index (χ0) is 22.1. The van der Waals surface area contributed by atoms with Crippen LogP contribution in [0.4, 0.5) is 4.79 Å². The number of imide groups is 1. The van der Waals surface area contributed by atoms with Crippen molar-refractivity contribution >= 4 is 29.0 Å². The number of hydrogen-bond acceptors (Lipinski definition) is 6. The van der Waals surface area contributed by atoms with Crippen LogP contribution in [-0.2, 0) is 17.8 Å². The minimum atomic E-state index is -0.325. The molecule has 0 unspecified atom stereocenters. The number of rotatable bonds is 5. The maximum Gasteiger partial charge on any atom is 0.290 e. The highest BCUT2D eigenvalue weighted by Crippen LogP contribution is 2.32. The molecule has 0 bridgehead atoms. The van der Waals surface area contributed by atoms with E-state index in [4.69, 9.17) is 9.15 Å². The number of nitrogens with one attached hydrogen (secondary N) is 1. The highest BCUT2D eigenvalue weighted by Gasteiger charge is 2.25. The lowest BCUT2D eigenvalue weighted by Gasteiger charge is -2.16. The molecule has 0 atom stereocenters. The van der Waals surface area contributed by atoms with Crippen LogP contribution < -0.4 is 10.1 Å². The van der Waals surface area contributed by atoms with Gasteiger partial charge in [0, 0.05) is 5.56 Å². The molecule has 1 fully saturated rings. The molecule has 1 aliphatic heterocycles. The van der Waals surface area contributed by atoms with Crippen molar-refractivity contribution in [2.75, 3.05) is 0 Å². The third-order valence-electron chi connectivity index (χ3n) is 5.39. The molecule has 0 radical (unpaired) electrons. The number of oxazole rings is 1. The van der Waals surface area contributed by atoms with Crippen molar-refractivity contribution in [2.24, 2.45) is 0 Å². The molecule has 1 N–H and O–H groups in total. The normalized spacial score (nSPS) is 16.7. The zero-order valence-corrected chi connectivity index (χ0v) is 18.2. The Balaban J connectivity index is 1.28. The van der Waals surface area contributed by atoms with E-state index in [1.54, 1.807) is 6.08 Å². The highest BCUT2D eigenvalue weighted by molar-refractivity contribution is 8.18. The standard InChI is InChI=1S/C25H20N2O4S/c1-15-21(26-24(31-15)17-5-3-2-4-6-17)14-30-20-10-9-18-11-16(7-8-19(18)13-20)12-22-23(28)27-25(29)32-22/h2-6,9-13H,7-8,14H2,1H3,(H,27,28,29)/b22-12+. The first-order valence-electron chi connectivity index (χ1n) is 10.3. The molecule has 2 amide bonds. The van der Waals surface area contributed by atoms with Gasteiger partial charge in [-0.25, -0.2) is 4.98 Å². The summed E-state index contributed by atoms with van der Waals surface area (Å²) in [5, 5.41) is 1.97. The Labute approximate surface area is 189 Å². The molecule has 160 valence electrons. The van der Waals surface area contributed by atoms with Crippen LogP contribution in [0.1, 0.15) is 29.0 Å². The fourth-order valence-electron chi connectivity index (χ4n) is 3.70. The van der Waals surface area contributed by atoms with E-state index >= 15 is 0 Å². The van der Waals surface area contributed by atoms with Crippen LogP contribution in [0, 0.1) is 6.92 Å². The van der Waals surface area contributed by atoms with Crippen molar-refractivity contribution in [3.63, 3.8) is 0 Å². The molecule has 0 saturated carbocycles. The van der Waals surface area contributed by atoms with Crippen LogP contribution in [0.25, 0.3) is 17.5 Å². The van der Waals surface area contributed by atoms with Crippen molar-refractivity contribution in [2.45, 2.75) is 26.4 Å². The molecule has 7 heteroatoms. The Bertz CT molecular complexity index is 1270. The van der Waals surface area contributed by atoms with Gasteiger partial charge in [-0.15, -0.1) is 0 Å². The second-order valence-corrected chi connectivity index (χ2v) is 8.62. The number of benzene rings is 2. The number of fused-ring (bicyclic) bond motifs is 1. The van der Waals surface area contributed by atoms with Crippen molar-refractivity contribution in [1.29, 1.82) is 0 Å². The number of allylic oxidation sites excluding steroid dienone is 2. The third-order valence-corrected chi connectivity index (χ3v) is 6.20. The molecule has 3 aromatic rings. The van der Waals surface area contributed by atoms with Crippen molar-refractivity contribution < 1.29 is 18.7 Å². The SMILES string of the molecule is Cc1oc(-c2ccccc2)nc1COc1ccc2c(c1)CCC(/C=C1/SC(=O)NC1=O)=C2. The monoisotopic (exact) mass is 444 g/mol. The van der Waals surface area contributed by atoms with Crippen LogP contribution in [0.2, 0.25) is 0 Å². The number of nitrogens with zero attached hydrogens (tertiary/aromatic N) is 1. The average molecular weight is 445 g/mol. The minimum absolute atomic E-state index is 0.321. The fourth-order valence-corrected chi connectivity index (χ4v) is 4.40. The number of aromatic nitrogens is 1. The Hall–Kier alpha value is -3.58. The van der Waals surface area contributed by atoms with Crippen LogP contribution in [0.5, 0.6) is 5.75 Å². The summed E-state index contributed by atoms with van der Waals surface area (Å²) in [6, 6.07) is 15.8. The topological polar surface area (TPSA) is 81.4 Å². The number of carbonyl (C=O) groups is 2. The van der Waals surface area contributed by atoms with E-state index in [1.165, 1.54) is 5.56 Å². The summed E-state index contributed by atoms with van der Waals surface area (Å²) < 4.78 is 11.8. The number of hydrogen-bond donors (Lipinski definition) is 1. The molecule has 6 nitrogen and oxygen atoms in total. The molecule has 5 rings (SSSR count). The van der Waals surface area contributed by atoms with Crippen molar-refractivity contribution in [3.05, 3.63) is 87.7 Å². The van der Waals surface area contributed by atoms with E-state index < -0.39 is 0 Å². The van der Waals surface area contributed by atoms with E-state index in [0.717, 1.165) is 58.5 Å². The average Bonchev–Trinajstić information content (AvgIpc) is 3.33. The predicted molar refractivity (Wildman–Crippen MR) is 123 cm³/mol. The highest BCUT2D eigenvalue weighted by atomic mass is 32.2. The summed E-state index contributed by atoms with van der Waals surface area (Å²) in [6.07, 6.45) is 5.49. The molecule has 2 heterocycles. The van der Waals surface area contributed by atoms with Gasteiger partial charge >= 0.3 is 0 Å². The molecule has 2 aliphatic rings. The summed E-state index contributed by atoms with van der Waals surface area (Å²) in [4.78, 5) is 28.1. The predicted octanol–water partition coefficient (Wildman–Crippen LogP) is 5.43. The fraction of sp³-hybridized carbons (Fsp3) is 0.160. The first-order valence-corrected chi connectivity index (χ1v) is 11.1. The van der Waals surface area contributed by atoms with Gasteiger partial charge in [-0.2, -0.15) is 0 Å². The quantitative estimate of drug-likeness (QED) is 0.529. The van der Waals surface area contributed by atoms with Crippen molar-refractivity contribution in [3.8, 4) is 17.2 Å². The Kier molecular flexibility index (Phi) is 5.41. The van der Waals surface area contributed by atoms with E-state index in [-0.39, 0.29) is 11.1 Å². The van der Waals surface area contributed by atoms with Gasteiger partial charge < -0.3 is 9.15 Å². The lowest BCUT2D eigenvalue weighted by atomic mass is 9.92. The summed E-state index contributed by atoms with van der Waals surface area (Å²) >= 11 is 0.944. The number of thioether (sulfide) groups is 1. The van der Waals surface area contributed by atoms with Crippen molar-refractivity contribution in [1.82, 2.24) is 10.3 Å². The van der Waals surface area contributed by atoms with Gasteiger partial charge in [0.15, 0.2) is 0 Å². The Morgan fingerprint density at radius 3 is 2.78 bits per heavy atom. The number of amides is 2. The Morgan fingerprint density at radius 2 is 2.00 bits per heavy atom. The smallest absolute Gasteiger partial charge is 0.290 e. The molecule has 1 saturated heterocycles. The molecular weight excluding hydrogens is 424 g/mol. The van der Waals surface area contributed by atoms with Crippen LogP contribution in [-0.4, -0.2) is 16.1 Å². The number of carbonyl (C=O) groups excluding carboxylic acids is 2.